The summed E-state index contributed by atoms with van der Waals surface area (Å²) in [5.41, 5.74) is 1.64. The highest BCUT2D eigenvalue weighted by Crippen LogP contribution is 2.23. The maximum absolute atomic E-state index is 12.7. The van der Waals surface area contributed by atoms with Gasteiger partial charge in [-0.3, -0.25) is 4.79 Å². The molecule has 0 unspecified atom stereocenters. The molecule has 0 aliphatic carbocycles. The minimum atomic E-state index is -3.41. The summed E-state index contributed by atoms with van der Waals surface area (Å²) in [5, 5.41) is 2.83. The summed E-state index contributed by atoms with van der Waals surface area (Å²) in [5.74, 6) is -0.924. The van der Waals surface area contributed by atoms with Crippen LogP contribution in [-0.2, 0) is 25.3 Å². The van der Waals surface area contributed by atoms with E-state index in [9.17, 15) is 18.0 Å². The number of carbonyl (C=O) groups excluding carboxylic acids is 2. The molecule has 0 atom stereocenters. The van der Waals surface area contributed by atoms with Crippen LogP contribution in [0.1, 0.15) is 35.7 Å². The number of piperidine rings is 1. The van der Waals surface area contributed by atoms with Gasteiger partial charge in [0.1, 0.15) is 0 Å². The highest BCUT2D eigenvalue weighted by Gasteiger charge is 2.31. The number of amides is 1. The van der Waals surface area contributed by atoms with E-state index in [0.717, 1.165) is 5.56 Å². The summed E-state index contributed by atoms with van der Waals surface area (Å²) in [7, 11) is -3.41. The molecule has 1 heterocycles. The third kappa shape index (κ3) is 5.67. The number of nitrogens with one attached hydrogen (secondary N) is 1. The van der Waals surface area contributed by atoms with Crippen LogP contribution >= 0.6 is 0 Å². The van der Waals surface area contributed by atoms with Crippen molar-refractivity contribution in [1.29, 1.82) is 0 Å². The summed E-state index contributed by atoms with van der Waals surface area (Å²) < 4.78 is 31.8. The Balaban J connectivity index is 1.55. The van der Waals surface area contributed by atoms with E-state index in [-0.39, 0.29) is 24.2 Å². The van der Waals surface area contributed by atoms with Gasteiger partial charge in [-0.15, -0.1) is 0 Å². The second-order valence-electron chi connectivity index (χ2n) is 7.21. The predicted octanol–water partition coefficient (Wildman–Crippen LogP) is 3.04. The number of sulfonamides is 1. The van der Waals surface area contributed by atoms with Crippen LogP contribution in [-0.4, -0.2) is 44.3 Å². The van der Waals surface area contributed by atoms with Crippen molar-refractivity contribution in [1.82, 2.24) is 4.31 Å². The van der Waals surface area contributed by atoms with Crippen molar-refractivity contribution in [2.24, 2.45) is 5.92 Å². The first-order valence-corrected chi connectivity index (χ1v) is 11.6. The van der Waals surface area contributed by atoms with Crippen LogP contribution in [0.2, 0.25) is 0 Å². The van der Waals surface area contributed by atoms with Crippen LogP contribution in [0.15, 0.2) is 54.6 Å². The van der Waals surface area contributed by atoms with Gasteiger partial charge in [-0.1, -0.05) is 36.4 Å². The van der Waals surface area contributed by atoms with E-state index in [1.54, 1.807) is 43.3 Å². The van der Waals surface area contributed by atoms with Gasteiger partial charge in [0, 0.05) is 24.7 Å². The Morgan fingerprint density at radius 3 is 2.43 bits per heavy atom. The zero-order valence-electron chi connectivity index (χ0n) is 16.9. The van der Waals surface area contributed by atoms with Crippen molar-refractivity contribution in [2.45, 2.75) is 25.5 Å². The minimum absolute atomic E-state index is 0.0364. The second-order valence-corrected chi connectivity index (χ2v) is 9.17. The Labute approximate surface area is 177 Å². The monoisotopic (exact) mass is 430 g/mol. The van der Waals surface area contributed by atoms with Crippen LogP contribution in [0.4, 0.5) is 5.69 Å². The van der Waals surface area contributed by atoms with Gasteiger partial charge in [-0.25, -0.2) is 17.5 Å². The van der Waals surface area contributed by atoms with Gasteiger partial charge in [-0.2, -0.15) is 0 Å². The fraction of sp³-hybridized carbons (Fsp3) is 0.364. The molecule has 1 saturated heterocycles. The van der Waals surface area contributed by atoms with Crippen molar-refractivity contribution in [2.75, 3.05) is 25.0 Å². The average Bonchev–Trinajstić information content (AvgIpc) is 2.74. The Bertz CT molecular complexity index is 984. The van der Waals surface area contributed by atoms with Crippen LogP contribution in [0.3, 0.4) is 0 Å². The molecular formula is C22H26N2O5S. The van der Waals surface area contributed by atoms with Crippen molar-refractivity contribution in [3.63, 3.8) is 0 Å². The third-order valence-corrected chi connectivity index (χ3v) is 6.90. The van der Waals surface area contributed by atoms with Gasteiger partial charge in [0.2, 0.25) is 15.9 Å². The molecule has 1 aliphatic heterocycles. The highest BCUT2D eigenvalue weighted by molar-refractivity contribution is 7.88. The molecule has 1 N–H and O–H groups in total. The zero-order chi connectivity index (χ0) is 21.6. The zero-order valence-corrected chi connectivity index (χ0v) is 17.7. The molecule has 0 spiro atoms. The number of carbonyl (C=O) groups is 2. The Morgan fingerprint density at radius 1 is 1.07 bits per heavy atom. The average molecular weight is 431 g/mol. The van der Waals surface area contributed by atoms with E-state index in [1.165, 1.54) is 4.31 Å². The van der Waals surface area contributed by atoms with E-state index in [1.807, 2.05) is 18.2 Å². The molecule has 160 valence electrons. The molecule has 8 heteroatoms. The molecule has 1 aliphatic rings. The summed E-state index contributed by atoms with van der Waals surface area (Å²) >= 11 is 0. The number of esters is 1. The van der Waals surface area contributed by atoms with E-state index >= 15 is 0 Å². The van der Waals surface area contributed by atoms with Crippen LogP contribution in [0, 0.1) is 5.92 Å². The van der Waals surface area contributed by atoms with Gasteiger partial charge in [0.15, 0.2) is 0 Å². The fourth-order valence-corrected chi connectivity index (χ4v) is 5.02. The van der Waals surface area contributed by atoms with Gasteiger partial charge in [0.05, 0.1) is 17.9 Å². The Kier molecular flexibility index (Phi) is 7.23. The minimum Gasteiger partial charge on any atom is -0.462 e. The molecule has 0 saturated carbocycles. The molecule has 30 heavy (non-hydrogen) atoms. The van der Waals surface area contributed by atoms with Crippen molar-refractivity contribution in [3.8, 4) is 0 Å². The van der Waals surface area contributed by atoms with Crippen LogP contribution < -0.4 is 5.32 Å². The smallest absolute Gasteiger partial charge is 0.338 e. The number of hydrogen-bond donors (Lipinski definition) is 1. The maximum Gasteiger partial charge on any atom is 0.338 e. The Morgan fingerprint density at radius 2 is 1.77 bits per heavy atom. The maximum atomic E-state index is 12.7. The summed E-state index contributed by atoms with van der Waals surface area (Å²) in [6.07, 6.45) is 0.912. The van der Waals surface area contributed by atoms with E-state index < -0.39 is 16.0 Å². The van der Waals surface area contributed by atoms with E-state index in [2.05, 4.69) is 5.32 Å². The number of hydrogen-bond acceptors (Lipinski definition) is 5. The van der Waals surface area contributed by atoms with Gasteiger partial charge < -0.3 is 10.1 Å². The predicted molar refractivity (Wildman–Crippen MR) is 114 cm³/mol. The quantitative estimate of drug-likeness (QED) is 0.682. The number of ether oxygens (including phenoxy) is 1. The molecule has 1 fully saturated rings. The van der Waals surface area contributed by atoms with E-state index in [4.69, 9.17) is 4.74 Å². The summed E-state index contributed by atoms with van der Waals surface area (Å²) in [6, 6.07) is 15.7. The number of nitrogens with zero attached hydrogens (tertiary/aromatic N) is 1. The molecule has 2 aromatic carbocycles. The summed E-state index contributed by atoms with van der Waals surface area (Å²) in [6.45, 7) is 2.64. The van der Waals surface area contributed by atoms with Gasteiger partial charge in [0.25, 0.3) is 0 Å². The molecule has 2 aromatic rings. The lowest BCUT2D eigenvalue weighted by atomic mass is 9.97. The lowest BCUT2D eigenvalue weighted by Crippen LogP contribution is -2.41. The molecule has 0 aromatic heterocycles. The molecule has 0 bridgehead atoms. The lowest BCUT2D eigenvalue weighted by Gasteiger charge is -2.30. The van der Waals surface area contributed by atoms with Crippen LogP contribution in [0.25, 0.3) is 0 Å². The Hall–Kier alpha value is -2.71. The first-order chi connectivity index (χ1) is 14.4. The number of benzene rings is 2. The molecule has 1 amide bonds. The third-order valence-electron chi connectivity index (χ3n) is 5.05. The van der Waals surface area contributed by atoms with Crippen molar-refractivity contribution in [3.05, 3.63) is 65.7 Å². The molecular weight excluding hydrogens is 404 g/mol. The van der Waals surface area contributed by atoms with Crippen molar-refractivity contribution >= 4 is 27.6 Å². The lowest BCUT2D eigenvalue weighted by molar-refractivity contribution is -0.120. The highest BCUT2D eigenvalue weighted by atomic mass is 32.2. The standard InChI is InChI=1S/C22H26N2O5S/c1-2-29-22(26)19-9-6-10-20(15-19)23-21(25)18-11-13-24(14-12-18)30(27,28)16-17-7-4-3-5-8-17/h3-10,15,18H,2,11-14,16H2,1H3,(H,23,25). The number of anilines is 1. The first kappa shape index (κ1) is 22.0. The van der Waals surface area contributed by atoms with Gasteiger partial charge in [-0.05, 0) is 43.5 Å². The normalized spacial score (nSPS) is 15.5. The first-order valence-electron chi connectivity index (χ1n) is 9.99. The summed E-state index contributed by atoms with van der Waals surface area (Å²) in [4.78, 5) is 24.5. The van der Waals surface area contributed by atoms with Crippen LogP contribution in [0.5, 0.6) is 0 Å². The van der Waals surface area contributed by atoms with E-state index in [0.29, 0.717) is 37.2 Å². The largest absolute Gasteiger partial charge is 0.462 e. The molecule has 7 nitrogen and oxygen atoms in total. The fourth-order valence-electron chi connectivity index (χ4n) is 3.45. The van der Waals surface area contributed by atoms with Crippen molar-refractivity contribution < 1.29 is 22.7 Å². The number of rotatable bonds is 7. The van der Waals surface area contributed by atoms with Gasteiger partial charge >= 0.3 is 5.97 Å². The molecule has 3 rings (SSSR count). The molecule has 0 radical (unpaired) electrons. The SMILES string of the molecule is CCOC(=O)c1cccc(NC(=O)C2CCN(S(=O)(=O)Cc3ccccc3)CC2)c1. The topological polar surface area (TPSA) is 92.8 Å². The second kappa shape index (κ2) is 9.86.